The Morgan fingerprint density at radius 1 is 1.53 bits per heavy atom. The second-order valence-electron chi connectivity index (χ2n) is 3.21. The summed E-state index contributed by atoms with van der Waals surface area (Å²) in [4.78, 5) is 13.4. The molecule has 1 aromatic heterocycles. The first-order valence-electron chi connectivity index (χ1n) is 4.22. The van der Waals surface area contributed by atoms with Crippen LogP contribution in [0.15, 0.2) is 12.1 Å². The summed E-state index contributed by atoms with van der Waals surface area (Å²) < 4.78 is 13.6. The summed E-state index contributed by atoms with van der Waals surface area (Å²) in [6.45, 7) is 1.54. The van der Waals surface area contributed by atoms with E-state index in [2.05, 4.69) is 4.98 Å². The van der Waals surface area contributed by atoms with Crippen LogP contribution < -0.4 is 0 Å². The Morgan fingerprint density at radius 2 is 2.20 bits per heavy atom. The number of nitrogens with one attached hydrogen (secondary N) is 1. The zero-order chi connectivity index (χ0) is 11.2. The lowest BCUT2D eigenvalue weighted by Gasteiger charge is -1.96. The molecule has 2 rings (SSSR count). The topological polar surface area (TPSA) is 53.1 Å². The van der Waals surface area contributed by atoms with Crippen LogP contribution in [0.3, 0.4) is 0 Å². The van der Waals surface area contributed by atoms with Crippen molar-refractivity contribution < 1.29 is 14.3 Å². The Labute approximate surface area is 89.5 Å². The Bertz CT molecular complexity index is 562. The number of aromatic nitrogens is 1. The highest BCUT2D eigenvalue weighted by Crippen LogP contribution is 2.28. The van der Waals surface area contributed by atoms with Crippen molar-refractivity contribution >= 4 is 28.5 Å². The molecule has 2 N–H and O–H groups in total. The average Bonchev–Trinajstić information content (AvgIpc) is 2.50. The number of aromatic carboxylic acids is 1. The van der Waals surface area contributed by atoms with E-state index in [0.29, 0.717) is 11.1 Å². The number of hydrogen-bond acceptors (Lipinski definition) is 1. The minimum absolute atomic E-state index is 0.00818. The van der Waals surface area contributed by atoms with Crippen molar-refractivity contribution in [2.75, 3.05) is 0 Å². The van der Waals surface area contributed by atoms with Crippen LogP contribution in [0.4, 0.5) is 4.39 Å². The van der Waals surface area contributed by atoms with Crippen molar-refractivity contribution in [3.63, 3.8) is 0 Å². The Morgan fingerprint density at radius 3 is 2.80 bits per heavy atom. The Balaban J connectivity index is 2.89. The SMILES string of the molecule is Cc1c(C(=O)O)[nH]c2ccc(Cl)c(F)c12. The summed E-state index contributed by atoms with van der Waals surface area (Å²) in [5.41, 5.74) is 0.787. The minimum Gasteiger partial charge on any atom is -0.477 e. The quantitative estimate of drug-likeness (QED) is 0.787. The molecule has 0 saturated carbocycles. The van der Waals surface area contributed by atoms with Crippen molar-refractivity contribution in [1.29, 1.82) is 0 Å². The molecule has 2 aromatic rings. The van der Waals surface area contributed by atoms with E-state index in [-0.39, 0.29) is 16.1 Å². The molecule has 0 amide bonds. The van der Waals surface area contributed by atoms with Crippen LogP contribution >= 0.6 is 11.6 Å². The molecule has 0 radical (unpaired) electrons. The number of hydrogen-bond donors (Lipinski definition) is 2. The molecule has 1 aromatic carbocycles. The molecule has 78 valence electrons. The number of carbonyl (C=O) groups is 1. The van der Waals surface area contributed by atoms with Crippen molar-refractivity contribution in [3.05, 3.63) is 34.2 Å². The van der Waals surface area contributed by atoms with E-state index >= 15 is 0 Å². The fourth-order valence-electron chi connectivity index (χ4n) is 1.59. The maximum atomic E-state index is 13.6. The number of rotatable bonds is 1. The Kier molecular flexibility index (Phi) is 2.16. The maximum absolute atomic E-state index is 13.6. The summed E-state index contributed by atoms with van der Waals surface area (Å²) in [6.07, 6.45) is 0. The van der Waals surface area contributed by atoms with Gasteiger partial charge in [0, 0.05) is 10.9 Å². The zero-order valence-corrected chi connectivity index (χ0v) is 8.52. The fourth-order valence-corrected chi connectivity index (χ4v) is 1.75. The van der Waals surface area contributed by atoms with Gasteiger partial charge in [-0.15, -0.1) is 0 Å². The molecule has 0 bridgehead atoms. The van der Waals surface area contributed by atoms with Crippen LogP contribution in [0.2, 0.25) is 5.02 Å². The molecule has 1 heterocycles. The van der Waals surface area contributed by atoms with Gasteiger partial charge in [-0.25, -0.2) is 9.18 Å². The van der Waals surface area contributed by atoms with E-state index in [4.69, 9.17) is 16.7 Å². The Hall–Kier alpha value is -1.55. The number of H-pyrrole nitrogens is 1. The van der Waals surface area contributed by atoms with Gasteiger partial charge in [0.25, 0.3) is 0 Å². The number of fused-ring (bicyclic) bond motifs is 1. The monoisotopic (exact) mass is 227 g/mol. The van der Waals surface area contributed by atoms with E-state index in [1.165, 1.54) is 6.07 Å². The van der Waals surface area contributed by atoms with Gasteiger partial charge < -0.3 is 10.1 Å². The minimum atomic E-state index is -1.11. The molecule has 0 aliphatic rings. The fraction of sp³-hybridized carbons (Fsp3) is 0.100. The van der Waals surface area contributed by atoms with Crippen LogP contribution in [0.1, 0.15) is 16.1 Å². The van der Waals surface area contributed by atoms with Crippen molar-refractivity contribution in [3.8, 4) is 0 Å². The molecular formula is C10H7ClFNO2. The van der Waals surface area contributed by atoms with E-state index in [0.717, 1.165) is 0 Å². The molecule has 0 spiro atoms. The third-order valence-corrected chi connectivity index (χ3v) is 2.61. The number of aromatic amines is 1. The average molecular weight is 228 g/mol. The lowest BCUT2D eigenvalue weighted by atomic mass is 10.1. The van der Waals surface area contributed by atoms with Gasteiger partial charge in [-0.3, -0.25) is 0 Å². The van der Waals surface area contributed by atoms with Crippen LogP contribution in [0.25, 0.3) is 10.9 Å². The van der Waals surface area contributed by atoms with Gasteiger partial charge in [0.2, 0.25) is 0 Å². The second-order valence-corrected chi connectivity index (χ2v) is 3.62. The van der Waals surface area contributed by atoms with Gasteiger partial charge in [-0.05, 0) is 24.6 Å². The highest BCUT2D eigenvalue weighted by molar-refractivity contribution is 6.31. The number of benzene rings is 1. The standard InChI is InChI=1S/C10H7ClFNO2/c1-4-7-6(13-9(4)10(14)15)3-2-5(11)8(7)12/h2-3,13H,1H3,(H,14,15). The molecule has 5 heteroatoms. The molecule has 0 unspecified atom stereocenters. The number of aryl methyl sites for hydroxylation is 1. The summed E-state index contributed by atoms with van der Waals surface area (Å²) >= 11 is 5.61. The van der Waals surface area contributed by atoms with Gasteiger partial charge in [-0.2, -0.15) is 0 Å². The molecular weight excluding hydrogens is 221 g/mol. The first-order valence-corrected chi connectivity index (χ1v) is 4.59. The van der Waals surface area contributed by atoms with E-state index in [1.54, 1.807) is 13.0 Å². The first-order chi connectivity index (χ1) is 7.02. The second kappa shape index (κ2) is 3.24. The molecule has 0 aliphatic heterocycles. The molecule has 15 heavy (non-hydrogen) atoms. The normalized spacial score (nSPS) is 10.9. The molecule has 0 saturated heterocycles. The van der Waals surface area contributed by atoms with Crippen LogP contribution in [0, 0.1) is 12.7 Å². The number of carboxylic acids is 1. The summed E-state index contributed by atoms with van der Waals surface area (Å²) in [5.74, 6) is -1.70. The largest absolute Gasteiger partial charge is 0.477 e. The van der Waals surface area contributed by atoms with Crippen molar-refractivity contribution in [2.45, 2.75) is 6.92 Å². The van der Waals surface area contributed by atoms with E-state index in [1.807, 2.05) is 0 Å². The summed E-state index contributed by atoms with van der Waals surface area (Å²) in [5, 5.41) is 9.06. The van der Waals surface area contributed by atoms with Crippen molar-refractivity contribution in [2.24, 2.45) is 0 Å². The van der Waals surface area contributed by atoms with E-state index < -0.39 is 11.8 Å². The molecule has 0 fully saturated rings. The lowest BCUT2D eigenvalue weighted by Crippen LogP contribution is -1.98. The third kappa shape index (κ3) is 1.37. The van der Waals surface area contributed by atoms with Crippen LogP contribution in [0.5, 0.6) is 0 Å². The van der Waals surface area contributed by atoms with Gasteiger partial charge in [-0.1, -0.05) is 11.6 Å². The maximum Gasteiger partial charge on any atom is 0.352 e. The van der Waals surface area contributed by atoms with E-state index in [9.17, 15) is 9.18 Å². The van der Waals surface area contributed by atoms with Crippen molar-refractivity contribution in [1.82, 2.24) is 4.98 Å². The highest BCUT2D eigenvalue weighted by atomic mass is 35.5. The highest BCUT2D eigenvalue weighted by Gasteiger charge is 2.17. The van der Waals surface area contributed by atoms with Gasteiger partial charge in [0.15, 0.2) is 5.82 Å². The number of carboxylic acid groups (broad SMARTS) is 1. The van der Waals surface area contributed by atoms with Gasteiger partial charge >= 0.3 is 5.97 Å². The zero-order valence-electron chi connectivity index (χ0n) is 7.77. The predicted octanol–water partition coefficient (Wildman–Crippen LogP) is 2.97. The van der Waals surface area contributed by atoms with Gasteiger partial charge in [0.1, 0.15) is 5.69 Å². The third-order valence-electron chi connectivity index (χ3n) is 2.32. The smallest absolute Gasteiger partial charge is 0.352 e. The molecule has 3 nitrogen and oxygen atoms in total. The van der Waals surface area contributed by atoms with Gasteiger partial charge in [0.05, 0.1) is 5.02 Å². The summed E-state index contributed by atoms with van der Waals surface area (Å²) in [6, 6.07) is 2.95. The predicted molar refractivity (Wildman–Crippen MR) is 55.0 cm³/mol. The lowest BCUT2D eigenvalue weighted by molar-refractivity contribution is 0.0691. The summed E-state index contributed by atoms with van der Waals surface area (Å²) in [7, 11) is 0. The van der Waals surface area contributed by atoms with Crippen LogP contribution in [-0.4, -0.2) is 16.1 Å². The molecule has 0 aliphatic carbocycles. The first kappa shape index (κ1) is 9.98. The van der Waals surface area contributed by atoms with Crippen LogP contribution in [-0.2, 0) is 0 Å². The number of halogens is 2. The molecule has 0 atom stereocenters.